The van der Waals surface area contributed by atoms with Crippen molar-refractivity contribution < 1.29 is 30.0 Å². The van der Waals surface area contributed by atoms with E-state index in [0.29, 0.717) is 19.3 Å². The molecule has 0 radical (unpaired) electrons. The summed E-state index contributed by atoms with van der Waals surface area (Å²) in [6.45, 7) is 11.1. The topological polar surface area (TPSA) is 115 Å². The van der Waals surface area contributed by atoms with Crippen LogP contribution in [0.2, 0.25) is 0 Å². The highest BCUT2D eigenvalue weighted by molar-refractivity contribution is 5.66. The van der Waals surface area contributed by atoms with Crippen LogP contribution in [-0.2, 0) is 9.59 Å². The molecular weight excluding hydrogens is 576 g/mol. The Morgan fingerprint density at radius 3 is 0.761 bits per heavy atom. The monoisotopic (exact) mass is 659 g/mol. The summed E-state index contributed by atoms with van der Waals surface area (Å²) in [6.07, 6.45) is 34.9. The SMILES string of the molecule is CC(C)CCCCCCCCCCCCCCC(=O)O.CC(C)CCCCCCCCCCCCCCC(=O)O.CCCC(O)O. The van der Waals surface area contributed by atoms with Crippen LogP contribution in [0.25, 0.3) is 0 Å². The molecule has 0 saturated heterocycles. The number of aliphatic hydroxyl groups excluding tert-OH is 1. The van der Waals surface area contributed by atoms with Crippen LogP contribution in [0, 0.1) is 11.8 Å². The van der Waals surface area contributed by atoms with Crippen LogP contribution in [0.1, 0.15) is 227 Å². The molecule has 46 heavy (non-hydrogen) atoms. The smallest absolute Gasteiger partial charge is 0.303 e. The van der Waals surface area contributed by atoms with Gasteiger partial charge in [0, 0.05) is 12.8 Å². The van der Waals surface area contributed by atoms with Crippen molar-refractivity contribution in [1.29, 1.82) is 0 Å². The van der Waals surface area contributed by atoms with Crippen LogP contribution >= 0.6 is 0 Å². The molecule has 0 aromatic carbocycles. The fourth-order valence-electron chi connectivity index (χ4n) is 5.45. The van der Waals surface area contributed by atoms with Crippen molar-refractivity contribution in [3.63, 3.8) is 0 Å². The Hall–Kier alpha value is -1.14. The zero-order valence-electron chi connectivity index (χ0n) is 31.6. The molecule has 6 nitrogen and oxygen atoms in total. The molecule has 0 atom stereocenters. The molecule has 0 rings (SSSR count). The third-order valence-electron chi connectivity index (χ3n) is 8.39. The van der Waals surface area contributed by atoms with Gasteiger partial charge >= 0.3 is 11.9 Å². The van der Waals surface area contributed by atoms with E-state index in [1.54, 1.807) is 0 Å². The number of carboxylic acids is 2. The first-order valence-electron chi connectivity index (χ1n) is 19.8. The van der Waals surface area contributed by atoms with Gasteiger partial charge < -0.3 is 20.4 Å². The molecule has 0 amide bonds. The van der Waals surface area contributed by atoms with E-state index in [9.17, 15) is 9.59 Å². The standard InChI is InChI=1S/2C18H36O2.C4H10O2/c2*1-17(2)15-13-11-9-7-5-3-4-6-8-10-12-14-16-18(19)20;1-2-3-4(5)6/h2*17H,3-16H2,1-2H3,(H,19,20);4-6H,2-3H2,1H3. The first-order valence-corrected chi connectivity index (χ1v) is 19.8. The Morgan fingerprint density at radius 1 is 0.391 bits per heavy atom. The molecule has 0 unspecified atom stereocenters. The number of hydrogen-bond acceptors (Lipinski definition) is 4. The minimum Gasteiger partial charge on any atom is -0.481 e. The van der Waals surface area contributed by atoms with Crippen molar-refractivity contribution in [3.05, 3.63) is 0 Å². The molecule has 0 aliphatic carbocycles. The Kier molecular flexibility index (Phi) is 44.8. The van der Waals surface area contributed by atoms with Crippen molar-refractivity contribution in [2.24, 2.45) is 11.8 Å². The predicted octanol–water partition coefficient (Wildman–Crippen LogP) is 12.5. The van der Waals surface area contributed by atoms with Gasteiger partial charge in [-0.15, -0.1) is 0 Å². The molecule has 0 aliphatic rings. The Labute approximate surface area is 286 Å². The normalized spacial score (nSPS) is 11.0. The lowest BCUT2D eigenvalue weighted by Gasteiger charge is -2.04. The van der Waals surface area contributed by atoms with E-state index in [0.717, 1.165) is 43.9 Å². The first-order chi connectivity index (χ1) is 22.0. The summed E-state index contributed by atoms with van der Waals surface area (Å²) in [5.74, 6) is 0.424. The third kappa shape index (κ3) is 58.4. The van der Waals surface area contributed by atoms with Gasteiger partial charge in [-0.25, -0.2) is 0 Å². The second-order valence-corrected chi connectivity index (χ2v) is 14.4. The average Bonchev–Trinajstić information content (AvgIpc) is 2.97. The van der Waals surface area contributed by atoms with E-state index in [2.05, 4.69) is 27.7 Å². The highest BCUT2D eigenvalue weighted by atomic mass is 16.5. The summed E-state index contributed by atoms with van der Waals surface area (Å²) >= 11 is 0. The predicted molar refractivity (Wildman–Crippen MR) is 197 cm³/mol. The van der Waals surface area contributed by atoms with Gasteiger partial charge in [-0.2, -0.15) is 0 Å². The van der Waals surface area contributed by atoms with Gasteiger partial charge in [-0.3, -0.25) is 9.59 Å². The van der Waals surface area contributed by atoms with Gasteiger partial charge in [-0.1, -0.05) is 195 Å². The highest BCUT2D eigenvalue weighted by Crippen LogP contribution is 2.15. The summed E-state index contributed by atoms with van der Waals surface area (Å²) < 4.78 is 0. The molecule has 0 fully saturated rings. The molecule has 0 aromatic heterocycles. The largest absolute Gasteiger partial charge is 0.481 e. The van der Waals surface area contributed by atoms with E-state index in [-0.39, 0.29) is 0 Å². The Morgan fingerprint density at radius 2 is 0.609 bits per heavy atom. The summed E-state index contributed by atoms with van der Waals surface area (Å²) in [4.78, 5) is 20.7. The summed E-state index contributed by atoms with van der Waals surface area (Å²) in [5.41, 5.74) is 0. The van der Waals surface area contributed by atoms with Gasteiger partial charge in [0.05, 0.1) is 0 Å². The second kappa shape index (κ2) is 41.9. The quantitative estimate of drug-likeness (QED) is 0.0422. The zero-order valence-corrected chi connectivity index (χ0v) is 31.6. The van der Waals surface area contributed by atoms with Gasteiger partial charge in [0.2, 0.25) is 0 Å². The highest BCUT2D eigenvalue weighted by Gasteiger charge is 1.99. The Balaban J connectivity index is -0.000000682. The van der Waals surface area contributed by atoms with Crippen molar-refractivity contribution in [1.82, 2.24) is 0 Å². The summed E-state index contributed by atoms with van der Waals surface area (Å²) in [7, 11) is 0. The average molecular weight is 659 g/mol. The van der Waals surface area contributed by atoms with E-state index < -0.39 is 18.2 Å². The second-order valence-electron chi connectivity index (χ2n) is 14.4. The number of aliphatic carboxylic acids is 2. The fraction of sp³-hybridized carbons (Fsp3) is 0.950. The van der Waals surface area contributed by atoms with Crippen molar-refractivity contribution in [2.75, 3.05) is 0 Å². The van der Waals surface area contributed by atoms with Gasteiger partial charge in [0.25, 0.3) is 0 Å². The maximum Gasteiger partial charge on any atom is 0.303 e. The lowest BCUT2D eigenvalue weighted by molar-refractivity contribution is -0.138. The molecule has 278 valence electrons. The molecule has 4 N–H and O–H groups in total. The summed E-state index contributed by atoms with van der Waals surface area (Å²) in [6, 6.07) is 0. The molecule has 6 heteroatoms. The number of hydrogen-bond donors (Lipinski definition) is 4. The van der Waals surface area contributed by atoms with Gasteiger partial charge in [0.1, 0.15) is 0 Å². The number of carboxylic acid groups (broad SMARTS) is 2. The summed E-state index contributed by atoms with van der Waals surface area (Å²) in [5, 5.41) is 33.3. The molecule has 0 heterocycles. The minimum atomic E-state index is -1.10. The van der Waals surface area contributed by atoms with Crippen molar-refractivity contribution in [3.8, 4) is 0 Å². The molecular formula is C40H82O6. The lowest BCUT2D eigenvalue weighted by Crippen LogP contribution is -2.01. The van der Waals surface area contributed by atoms with Crippen LogP contribution in [0.15, 0.2) is 0 Å². The number of carbonyl (C=O) groups is 2. The third-order valence-corrected chi connectivity index (χ3v) is 8.39. The number of rotatable bonds is 32. The first kappa shape index (κ1) is 49.2. The maximum atomic E-state index is 10.3. The maximum absolute atomic E-state index is 10.3. The van der Waals surface area contributed by atoms with Gasteiger partial charge in [-0.05, 0) is 31.1 Å². The minimum absolute atomic E-state index is 0.344. The van der Waals surface area contributed by atoms with Crippen LogP contribution in [0.3, 0.4) is 0 Å². The zero-order chi connectivity index (χ0) is 35.1. The number of unbranched alkanes of at least 4 members (excludes halogenated alkanes) is 22. The van der Waals surface area contributed by atoms with E-state index in [1.165, 1.54) is 141 Å². The lowest BCUT2D eigenvalue weighted by atomic mass is 10.0. The van der Waals surface area contributed by atoms with Gasteiger partial charge in [0.15, 0.2) is 6.29 Å². The van der Waals surface area contributed by atoms with Crippen LogP contribution in [0.5, 0.6) is 0 Å². The van der Waals surface area contributed by atoms with E-state index >= 15 is 0 Å². The molecule has 0 aliphatic heterocycles. The van der Waals surface area contributed by atoms with Crippen LogP contribution < -0.4 is 0 Å². The fourth-order valence-corrected chi connectivity index (χ4v) is 5.45. The molecule has 0 bridgehead atoms. The molecule has 0 spiro atoms. The Bertz CT molecular complexity index is 544. The van der Waals surface area contributed by atoms with Crippen LogP contribution in [0.4, 0.5) is 0 Å². The molecule has 0 aromatic rings. The number of aliphatic hydroxyl groups is 2. The van der Waals surface area contributed by atoms with Crippen molar-refractivity contribution >= 4 is 11.9 Å². The van der Waals surface area contributed by atoms with E-state index in [4.69, 9.17) is 20.4 Å². The van der Waals surface area contributed by atoms with Crippen LogP contribution in [-0.4, -0.2) is 38.7 Å². The van der Waals surface area contributed by atoms with E-state index in [1.807, 2.05) is 6.92 Å². The molecule has 0 saturated carbocycles. The van der Waals surface area contributed by atoms with Crippen molar-refractivity contribution in [2.45, 2.75) is 234 Å².